The van der Waals surface area contributed by atoms with Crippen molar-refractivity contribution in [3.8, 4) is 0 Å². The van der Waals surface area contributed by atoms with Crippen molar-refractivity contribution in [3.63, 3.8) is 0 Å². The van der Waals surface area contributed by atoms with Gasteiger partial charge in [0.15, 0.2) is 0 Å². The molecule has 0 fully saturated rings. The largest absolute Gasteiger partial charge is 0.326 e. The molecule has 2 N–H and O–H groups in total. The van der Waals surface area contributed by atoms with Gasteiger partial charge in [-0.2, -0.15) is 0 Å². The molecule has 2 nitrogen and oxygen atoms in total. The van der Waals surface area contributed by atoms with Gasteiger partial charge in [0.2, 0.25) is 0 Å². The van der Waals surface area contributed by atoms with Crippen molar-refractivity contribution in [3.05, 3.63) is 26.5 Å². The molecular weight excluding hydrogens is 262 g/mol. The fourth-order valence-corrected chi connectivity index (χ4v) is 1.22. The van der Waals surface area contributed by atoms with Gasteiger partial charge >= 0.3 is 0 Å². The number of aromatic nitrogens is 1. The Morgan fingerprint density at radius 1 is 1.70 bits per heavy atom. The number of rotatable bonds is 1. The number of hydrogen-bond acceptors (Lipinski definition) is 2. The molecular formula is C6H6ClIN2. The first-order valence-electron chi connectivity index (χ1n) is 2.74. The summed E-state index contributed by atoms with van der Waals surface area (Å²) in [6.07, 6.45) is 1.69. The monoisotopic (exact) mass is 268 g/mol. The summed E-state index contributed by atoms with van der Waals surface area (Å²) in [5, 5.41) is 0.540. The van der Waals surface area contributed by atoms with Crippen LogP contribution in [0, 0.1) is 3.57 Å². The second-order valence-corrected chi connectivity index (χ2v) is 3.34. The normalized spacial score (nSPS) is 9.90. The third-order valence-electron chi connectivity index (χ3n) is 1.09. The van der Waals surface area contributed by atoms with Crippen LogP contribution in [-0.2, 0) is 6.54 Å². The van der Waals surface area contributed by atoms with Gasteiger partial charge in [0, 0.05) is 12.7 Å². The number of halogens is 2. The lowest BCUT2D eigenvalue weighted by Gasteiger charge is -1.97. The van der Waals surface area contributed by atoms with E-state index < -0.39 is 0 Å². The van der Waals surface area contributed by atoms with E-state index in [0.29, 0.717) is 11.7 Å². The Labute approximate surface area is 77.9 Å². The van der Waals surface area contributed by atoms with Crippen LogP contribution in [0.5, 0.6) is 0 Å². The van der Waals surface area contributed by atoms with Gasteiger partial charge in [-0.1, -0.05) is 11.6 Å². The van der Waals surface area contributed by atoms with Crippen LogP contribution in [0.3, 0.4) is 0 Å². The third kappa shape index (κ3) is 1.81. The highest BCUT2D eigenvalue weighted by molar-refractivity contribution is 14.1. The van der Waals surface area contributed by atoms with E-state index in [1.807, 2.05) is 6.07 Å². The maximum absolute atomic E-state index is 5.68. The lowest BCUT2D eigenvalue weighted by atomic mass is 10.3. The van der Waals surface area contributed by atoms with Crippen LogP contribution in [0.25, 0.3) is 0 Å². The minimum Gasteiger partial charge on any atom is -0.326 e. The SMILES string of the molecule is NCc1cnc(Cl)c(I)c1. The predicted octanol–water partition coefficient (Wildman–Crippen LogP) is 1.80. The van der Waals surface area contributed by atoms with Crippen LogP contribution in [0.1, 0.15) is 5.56 Å². The second kappa shape index (κ2) is 3.50. The molecule has 4 heteroatoms. The maximum atomic E-state index is 5.68. The lowest BCUT2D eigenvalue weighted by Crippen LogP contribution is -1.97. The van der Waals surface area contributed by atoms with Gasteiger partial charge < -0.3 is 5.73 Å². The van der Waals surface area contributed by atoms with E-state index in [1.165, 1.54) is 0 Å². The number of hydrogen-bond donors (Lipinski definition) is 1. The Morgan fingerprint density at radius 3 is 2.90 bits per heavy atom. The third-order valence-corrected chi connectivity index (χ3v) is 2.53. The van der Waals surface area contributed by atoms with Gasteiger partial charge in [0.05, 0.1) is 3.57 Å². The van der Waals surface area contributed by atoms with E-state index in [9.17, 15) is 0 Å². The van der Waals surface area contributed by atoms with Gasteiger partial charge in [-0.25, -0.2) is 4.98 Å². The Morgan fingerprint density at radius 2 is 2.40 bits per heavy atom. The van der Waals surface area contributed by atoms with Crippen molar-refractivity contribution >= 4 is 34.2 Å². The first-order valence-corrected chi connectivity index (χ1v) is 4.19. The lowest BCUT2D eigenvalue weighted by molar-refractivity contribution is 1.04. The molecule has 1 heterocycles. The first kappa shape index (κ1) is 8.23. The summed E-state index contributed by atoms with van der Waals surface area (Å²) in [6.45, 7) is 0.514. The Hall–Kier alpha value is 0.130. The zero-order chi connectivity index (χ0) is 7.56. The minimum absolute atomic E-state index is 0.514. The molecule has 10 heavy (non-hydrogen) atoms. The summed E-state index contributed by atoms with van der Waals surface area (Å²) in [5.41, 5.74) is 6.39. The van der Waals surface area contributed by atoms with Crippen LogP contribution < -0.4 is 5.73 Å². The molecule has 1 rings (SSSR count). The van der Waals surface area contributed by atoms with Crippen molar-refractivity contribution < 1.29 is 0 Å². The Balaban J connectivity index is 3.04. The Kier molecular flexibility index (Phi) is 2.88. The summed E-state index contributed by atoms with van der Waals surface area (Å²) in [7, 11) is 0. The zero-order valence-corrected chi connectivity index (χ0v) is 8.06. The molecule has 0 spiro atoms. The van der Waals surface area contributed by atoms with Crippen LogP contribution >= 0.6 is 34.2 Å². The summed E-state index contributed by atoms with van der Waals surface area (Å²) >= 11 is 7.80. The summed E-state index contributed by atoms with van der Waals surface area (Å²) in [6, 6.07) is 1.93. The molecule has 0 saturated heterocycles. The topological polar surface area (TPSA) is 38.9 Å². The van der Waals surface area contributed by atoms with Gasteiger partial charge in [0.1, 0.15) is 5.15 Å². The van der Waals surface area contributed by atoms with Crippen LogP contribution in [0.4, 0.5) is 0 Å². The van der Waals surface area contributed by atoms with E-state index in [4.69, 9.17) is 17.3 Å². The molecule has 0 aliphatic heterocycles. The quantitative estimate of drug-likeness (QED) is 0.623. The number of nitrogens with zero attached hydrogens (tertiary/aromatic N) is 1. The highest BCUT2D eigenvalue weighted by Gasteiger charge is 1.97. The van der Waals surface area contributed by atoms with E-state index >= 15 is 0 Å². The maximum Gasteiger partial charge on any atom is 0.142 e. The summed E-state index contributed by atoms with van der Waals surface area (Å²) in [5.74, 6) is 0. The minimum atomic E-state index is 0.514. The zero-order valence-electron chi connectivity index (χ0n) is 5.14. The van der Waals surface area contributed by atoms with Gasteiger partial charge in [-0.15, -0.1) is 0 Å². The molecule has 0 bridgehead atoms. The predicted molar refractivity (Wildman–Crippen MR) is 49.9 cm³/mol. The van der Waals surface area contributed by atoms with Crippen molar-refractivity contribution in [2.75, 3.05) is 0 Å². The molecule has 1 aromatic heterocycles. The molecule has 0 aromatic carbocycles. The molecule has 0 saturated carbocycles. The molecule has 1 aromatic rings. The van der Waals surface area contributed by atoms with Crippen LogP contribution in [-0.4, -0.2) is 4.98 Å². The smallest absolute Gasteiger partial charge is 0.142 e. The van der Waals surface area contributed by atoms with E-state index in [2.05, 4.69) is 27.6 Å². The van der Waals surface area contributed by atoms with Crippen molar-refractivity contribution in [2.45, 2.75) is 6.54 Å². The molecule has 0 aliphatic carbocycles. The number of nitrogens with two attached hydrogens (primary N) is 1. The van der Waals surface area contributed by atoms with E-state index in [1.54, 1.807) is 6.20 Å². The summed E-state index contributed by atoms with van der Waals surface area (Å²) in [4.78, 5) is 3.93. The first-order chi connectivity index (χ1) is 4.74. The van der Waals surface area contributed by atoms with Crippen molar-refractivity contribution in [1.29, 1.82) is 0 Å². The van der Waals surface area contributed by atoms with Crippen LogP contribution in [0.15, 0.2) is 12.3 Å². The van der Waals surface area contributed by atoms with E-state index in [0.717, 1.165) is 9.13 Å². The number of pyridine rings is 1. The summed E-state index contributed by atoms with van der Waals surface area (Å²) < 4.78 is 0.946. The molecule has 54 valence electrons. The molecule has 0 aliphatic rings. The molecule has 0 radical (unpaired) electrons. The fraction of sp³-hybridized carbons (Fsp3) is 0.167. The van der Waals surface area contributed by atoms with Crippen LogP contribution in [0.2, 0.25) is 5.15 Å². The van der Waals surface area contributed by atoms with Crippen molar-refractivity contribution in [2.24, 2.45) is 5.73 Å². The fourth-order valence-electron chi connectivity index (χ4n) is 0.572. The van der Waals surface area contributed by atoms with Gasteiger partial charge in [-0.3, -0.25) is 0 Å². The molecule has 0 amide bonds. The van der Waals surface area contributed by atoms with Gasteiger partial charge in [0.25, 0.3) is 0 Å². The second-order valence-electron chi connectivity index (χ2n) is 1.82. The average molecular weight is 268 g/mol. The average Bonchev–Trinajstić information content (AvgIpc) is 1.95. The van der Waals surface area contributed by atoms with E-state index in [-0.39, 0.29) is 0 Å². The standard InChI is InChI=1S/C6H6ClIN2/c7-6-5(8)1-4(2-9)3-10-6/h1,3H,2,9H2. The highest BCUT2D eigenvalue weighted by atomic mass is 127. The highest BCUT2D eigenvalue weighted by Crippen LogP contribution is 2.15. The van der Waals surface area contributed by atoms with Gasteiger partial charge in [-0.05, 0) is 34.2 Å². The molecule has 0 atom stereocenters. The Bertz CT molecular complexity index is 239. The molecule has 0 unspecified atom stereocenters. The van der Waals surface area contributed by atoms with Crippen molar-refractivity contribution in [1.82, 2.24) is 4.98 Å².